The van der Waals surface area contributed by atoms with E-state index >= 15 is 0 Å². The number of hydrogen-bond donors (Lipinski definition) is 1. The number of nitrogens with one attached hydrogen (secondary N) is 1. The number of sulfonamides is 1. The largest absolute Gasteiger partial charge is 0.351 e. The van der Waals surface area contributed by atoms with Gasteiger partial charge in [-0.3, -0.25) is 4.79 Å². The van der Waals surface area contributed by atoms with E-state index in [9.17, 15) is 13.2 Å². The molecular weight excluding hydrogens is 420 g/mol. The molecular formula is C23H29ClN2O3S. The first-order valence-electron chi connectivity index (χ1n) is 10.2. The number of benzene rings is 2. The molecule has 2 aromatic carbocycles. The molecule has 1 fully saturated rings. The van der Waals surface area contributed by atoms with Gasteiger partial charge in [0, 0.05) is 29.6 Å². The maximum Gasteiger partial charge on any atom is 0.223 e. The molecule has 30 heavy (non-hydrogen) atoms. The summed E-state index contributed by atoms with van der Waals surface area (Å²) in [4.78, 5) is 12.8. The maximum atomic E-state index is 12.8. The van der Waals surface area contributed by atoms with Crippen LogP contribution in [0.2, 0.25) is 5.02 Å². The quantitative estimate of drug-likeness (QED) is 0.695. The minimum absolute atomic E-state index is 0.00526. The Morgan fingerprint density at radius 3 is 2.23 bits per heavy atom. The van der Waals surface area contributed by atoms with Gasteiger partial charge in [-0.2, -0.15) is 0 Å². The van der Waals surface area contributed by atoms with Crippen molar-refractivity contribution in [1.29, 1.82) is 0 Å². The van der Waals surface area contributed by atoms with Gasteiger partial charge in [0.2, 0.25) is 15.9 Å². The first-order valence-corrected chi connectivity index (χ1v) is 12.2. The Bertz CT molecular complexity index is 952. The lowest BCUT2D eigenvalue weighted by atomic mass is 9.91. The molecule has 1 aliphatic heterocycles. The van der Waals surface area contributed by atoms with Gasteiger partial charge in [-0.25, -0.2) is 12.7 Å². The zero-order valence-electron chi connectivity index (χ0n) is 17.5. The van der Waals surface area contributed by atoms with Gasteiger partial charge in [0.1, 0.15) is 0 Å². The molecule has 0 bridgehead atoms. The number of nitrogens with zero attached hydrogens (tertiary/aromatic N) is 1. The lowest BCUT2D eigenvalue weighted by Crippen LogP contribution is -2.50. The predicted molar refractivity (Wildman–Crippen MR) is 121 cm³/mol. The van der Waals surface area contributed by atoms with E-state index in [1.165, 1.54) is 9.87 Å². The molecule has 1 N–H and O–H groups in total. The Balaban J connectivity index is 1.52. The minimum Gasteiger partial charge on any atom is -0.351 e. The van der Waals surface area contributed by atoms with Gasteiger partial charge >= 0.3 is 0 Å². The van der Waals surface area contributed by atoms with Gasteiger partial charge < -0.3 is 5.32 Å². The van der Waals surface area contributed by atoms with Crippen molar-refractivity contribution in [3.63, 3.8) is 0 Å². The first-order chi connectivity index (χ1) is 14.1. The molecule has 1 saturated heterocycles. The molecule has 0 atom stereocenters. The molecule has 0 radical (unpaired) electrons. The van der Waals surface area contributed by atoms with E-state index in [0.717, 1.165) is 6.42 Å². The summed E-state index contributed by atoms with van der Waals surface area (Å²) >= 11 is 5.87. The molecule has 2 aromatic rings. The summed E-state index contributed by atoms with van der Waals surface area (Å²) in [6.07, 6.45) is 1.81. The van der Waals surface area contributed by atoms with Crippen molar-refractivity contribution < 1.29 is 13.2 Å². The number of hydrogen-bond acceptors (Lipinski definition) is 3. The Morgan fingerprint density at radius 1 is 1.03 bits per heavy atom. The van der Waals surface area contributed by atoms with Crippen molar-refractivity contribution in [2.75, 3.05) is 13.1 Å². The average Bonchev–Trinajstić information content (AvgIpc) is 2.70. The summed E-state index contributed by atoms with van der Waals surface area (Å²) in [5.74, 6) is -0.210. The fourth-order valence-corrected chi connectivity index (χ4v) is 5.55. The van der Waals surface area contributed by atoms with Crippen LogP contribution in [0.1, 0.15) is 37.8 Å². The lowest BCUT2D eigenvalue weighted by Gasteiger charge is -2.33. The topological polar surface area (TPSA) is 66.5 Å². The van der Waals surface area contributed by atoms with Crippen LogP contribution in [0.4, 0.5) is 0 Å². The van der Waals surface area contributed by atoms with Crippen LogP contribution in [0, 0.1) is 5.92 Å². The van der Waals surface area contributed by atoms with Crippen LogP contribution < -0.4 is 5.32 Å². The Morgan fingerprint density at radius 2 is 1.63 bits per heavy atom. The maximum absolute atomic E-state index is 12.8. The van der Waals surface area contributed by atoms with Crippen LogP contribution in [0.25, 0.3) is 0 Å². The van der Waals surface area contributed by atoms with E-state index in [1.54, 1.807) is 24.3 Å². The van der Waals surface area contributed by atoms with Gasteiger partial charge in [-0.15, -0.1) is 0 Å². The summed E-state index contributed by atoms with van der Waals surface area (Å²) in [6.45, 7) is 4.77. The molecule has 162 valence electrons. The van der Waals surface area contributed by atoms with Crippen molar-refractivity contribution in [2.45, 2.75) is 44.4 Å². The van der Waals surface area contributed by atoms with Gasteiger partial charge in [-0.05, 0) is 56.4 Å². The fourth-order valence-electron chi connectivity index (χ4n) is 3.86. The molecule has 1 heterocycles. The molecule has 1 aliphatic rings. The minimum atomic E-state index is -3.42. The van der Waals surface area contributed by atoms with Gasteiger partial charge in [0.05, 0.1) is 5.75 Å². The summed E-state index contributed by atoms with van der Waals surface area (Å²) in [6, 6.07) is 16.9. The monoisotopic (exact) mass is 448 g/mol. The smallest absolute Gasteiger partial charge is 0.223 e. The highest BCUT2D eigenvalue weighted by Gasteiger charge is 2.33. The standard InChI is InChI=1S/C23H29ClN2O3S/c1-23(2,16-18-6-4-3-5-7-18)25-22(27)20-12-14-26(15-13-20)30(28,29)17-19-8-10-21(24)11-9-19/h3-11,20H,12-17H2,1-2H3,(H,25,27). The van der Waals surface area contributed by atoms with Crippen molar-refractivity contribution >= 4 is 27.5 Å². The molecule has 5 nitrogen and oxygen atoms in total. The molecule has 7 heteroatoms. The Labute approximate surface area is 184 Å². The highest BCUT2D eigenvalue weighted by molar-refractivity contribution is 7.88. The van der Waals surface area contributed by atoms with Crippen molar-refractivity contribution in [2.24, 2.45) is 5.92 Å². The number of amides is 1. The zero-order chi connectivity index (χ0) is 21.8. The number of halogens is 1. The van der Waals surface area contributed by atoms with Crippen molar-refractivity contribution in [3.8, 4) is 0 Å². The molecule has 0 spiro atoms. The third kappa shape index (κ3) is 6.30. The molecule has 0 aliphatic carbocycles. The molecule has 0 unspecified atom stereocenters. The van der Waals surface area contributed by atoms with E-state index in [2.05, 4.69) is 17.4 Å². The van der Waals surface area contributed by atoms with Gasteiger partial charge in [-0.1, -0.05) is 54.1 Å². The number of carbonyl (C=O) groups excluding carboxylic acids is 1. The highest BCUT2D eigenvalue weighted by Crippen LogP contribution is 2.23. The van der Waals surface area contributed by atoms with E-state index in [0.29, 0.717) is 36.5 Å². The summed E-state index contributed by atoms with van der Waals surface area (Å²) in [5.41, 5.74) is 1.52. The van der Waals surface area contributed by atoms with E-state index in [1.807, 2.05) is 32.0 Å². The normalized spacial score (nSPS) is 16.4. The third-order valence-corrected chi connectivity index (χ3v) is 7.53. The number of carbonyl (C=O) groups is 1. The SMILES string of the molecule is CC(C)(Cc1ccccc1)NC(=O)C1CCN(S(=O)(=O)Cc2ccc(Cl)cc2)CC1. The van der Waals surface area contributed by atoms with Crippen LogP contribution in [-0.2, 0) is 27.0 Å². The molecule has 0 aromatic heterocycles. The van der Waals surface area contributed by atoms with Crippen LogP contribution >= 0.6 is 11.6 Å². The van der Waals surface area contributed by atoms with E-state index in [4.69, 9.17) is 11.6 Å². The second-order valence-electron chi connectivity index (χ2n) is 8.59. The Kier molecular flexibility index (Phi) is 7.22. The lowest BCUT2D eigenvalue weighted by molar-refractivity contribution is -0.127. The summed E-state index contributed by atoms with van der Waals surface area (Å²) < 4.78 is 27.0. The van der Waals surface area contributed by atoms with E-state index < -0.39 is 10.0 Å². The summed E-state index contributed by atoms with van der Waals surface area (Å²) in [5, 5.41) is 3.74. The van der Waals surface area contributed by atoms with Crippen LogP contribution in [0.5, 0.6) is 0 Å². The summed E-state index contributed by atoms with van der Waals surface area (Å²) in [7, 11) is -3.42. The van der Waals surface area contributed by atoms with Gasteiger partial charge in [0.25, 0.3) is 0 Å². The van der Waals surface area contributed by atoms with E-state index in [-0.39, 0.29) is 23.1 Å². The zero-order valence-corrected chi connectivity index (χ0v) is 19.0. The van der Waals surface area contributed by atoms with Crippen LogP contribution in [-0.4, -0.2) is 37.3 Å². The van der Waals surface area contributed by atoms with Gasteiger partial charge in [0.15, 0.2) is 0 Å². The molecule has 0 saturated carbocycles. The molecule has 3 rings (SSSR count). The number of piperidine rings is 1. The third-order valence-electron chi connectivity index (χ3n) is 5.43. The number of rotatable bonds is 7. The van der Waals surface area contributed by atoms with Crippen molar-refractivity contribution in [3.05, 3.63) is 70.7 Å². The van der Waals surface area contributed by atoms with Crippen LogP contribution in [0.15, 0.2) is 54.6 Å². The molecule has 1 amide bonds. The van der Waals surface area contributed by atoms with Crippen molar-refractivity contribution in [1.82, 2.24) is 9.62 Å². The van der Waals surface area contributed by atoms with Crippen LogP contribution in [0.3, 0.4) is 0 Å². The fraction of sp³-hybridized carbons (Fsp3) is 0.435. The second kappa shape index (κ2) is 9.50. The second-order valence-corrected chi connectivity index (χ2v) is 11.0. The average molecular weight is 449 g/mol. The predicted octanol–water partition coefficient (Wildman–Crippen LogP) is 4.02. The highest BCUT2D eigenvalue weighted by atomic mass is 35.5. The first kappa shape index (κ1) is 22.8. The Hall–Kier alpha value is -1.89.